The minimum Gasteiger partial charge on any atom is -0.495 e. The minimum atomic E-state index is -0.438. The lowest BCUT2D eigenvalue weighted by Crippen LogP contribution is -2.32. The topological polar surface area (TPSA) is 79.5 Å². The average molecular weight is 353 g/mol. The van der Waals surface area contributed by atoms with Crippen molar-refractivity contribution in [3.8, 4) is 5.75 Å². The molecule has 0 spiro atoms. The molecule has 3 rings (SSSR count). The smallest absolute Gasteiger partial charge is 0.246 e. The van der Waals surface area contributed by atoms with Crippen molar-refractivity contribution < 1.29 is 14.3 Å². The van der Waals surface area contributed by atoms with Crippen LogP contribution in [0.25, 0.3) is 0 Å². The summed E-state index contributed by atoms with van der Waals surface area (Å²) in [4.78, 5) is 24.2. The van der Waals surface area contributed by atoms with Crippen molar-refractivity contribution in [1.29, 1.82) is 0 Å². The highest BCUT2D eigenvalue weighted by molar-refractivity contribution is 5.97. The number of rotatable bonds is 7. The van der Waals surface area contributed by atoms with Gasteiger partial charge in [-0.15, -0.1) is 0 Å². The molecule has 26 heavy (non-hydrogen) atoms. The summed E-state index contributed by atoms with van der Waals surface area (Å²) in [6.45, 7) is 1.79. The van der Waals surface area contributed by atoms with E-state index >= 15 is 0 Å². The molecular formula is C20H23N3O3. The molecule has 1 atom stereocenters. The lowest BCUT2D eigenvalue weighted by molar-refractivity contribution is -0.117. The molecule has 1 aliphatic carbocycles. The van der Waals surface area contributed by atoms with Crippen molar-refractivity contribution in [3.63, 3.8) is 0 Å². The Bertz CT molecular complexity index is 785. The van der Waals surface area contributed by atoms with Crippen LogP contribution in [0.3, 0.4) is 0 Å². The summed E-state index contributed by atoms with van der Waals surface area (Å²) in [6.07, 6.45) is 1.95. The molecule has 0 unspecified atom stereocenters. The van der Waals surface area contributed by atoms with Gasteiger partial charge in [-0.1, -0.05) is 12.1 Å². The first-order valence-electron chi connectivity index (χ1n) is 8.68. The number of ether oxygens (including phenoxy) is 1. The maximum atomic E-state index is 12.4. The van der Waals surface area contributed by atoms with E-state index in [0.29, 0.717) is 11.4 Å². The molecule has 0 saturated heterocycles. The van der Waals surface area contributed by atoms with Crippen molar-refractivity contribution in [3.05, 3.63) is 48.5 Å². The van der Waals surface area contributed by atoms with Crippen LogP contribution < -0.4 is 20.7 Å². The van der Waals surface area contributed by atoms with Crippen molar-refractivity contribution in [2.24, 2.45) is 5.92 Å². The first kappa shape index (κ1) is 17.8. The second kappa shape index (κ2) is 7.91. The van der Waals surface area contributed by atoms with Crippen LogP contribution in [0.2, 0.25) is 0 Å². The van der Waals surface area contributed by atoms with E-state index in [1.807, 2.05) is 36.4 Å². The van der Waals surface area contributed by atoms with Crippen molar-refractivity contribution in [1.82, 2.24) is 0 Å². The fraction of sp³-hybridized carbons (Fsp3) is 0.300. The number of para-hydroxylation sites is 2. The molecule has 136 valence electrons. The van der Waals surface area contributed by atoms with E-state index in [1.54, 1.807) is 26.2 Å². The Morgan fingerprint density at radius 2 is 1.65 bits per heavy atom. The van der Waals surface area contributed by atoms with Crippen molar-refractivity contribution in [2.45, 2.75) is 25.8 Å². The highest BCUT2D eigenvalue weighted by Gasteiger charge is 2.29. The molecule has 6 nitrogen and oxygen atoms in total. The zero-order valence-electron chi connectivity index (χ0n) is 14.9. The van der Waals surface area contributed by atoms with Gasteiger partial charge in [0.05, 0.1) is 12.8 Å². The maximum Gasteiger partial charge on any atom is 0.246 e. The van der Waals surface area contributed by atoms with Crippen LogP contribution in [-0.4, -0.2) is 25.0 Å². The van der Waals surface area contributed by atoms with Crippen LogP contribution in [-0.2, 0) is 9.59 Å². The van der Waals surface area contributed by atoms with Crippen LogP contribution in [0.1, 0.15) is 19.8 Å². The zero-order valence-corrected chi connectivity index (χ0v) is 14.9. The summed E-state index contributed by atoms with van der Waals surface area (Å²) < 4.78 is 5.24. The first-order valence-corrected chi connectivity index (χ1v) is 8.68. The fourth-order valence-corrected chi connectivity index (χ4v) is 2.54. The average Bonchev–Trinajstić information content (AvgIpc) is 3.49. The molecule has 2 amide bonds. The lowest BCUT2D eigenvalue weighted by atomic mass is 10.2. The van der Waals surface area contributed by atoms with E-state index in [1.165, 1.54) is 0 Å². The quantitative estimate of drug-likeness (QED) is 0.712. The van der Waals surface area contributed by atoms with Crippen LogP contribution in [0, 0.1) is 5.92 Å². The lowest BCUT2D eigenvalue weighted by Gasteiger charge is -2.17. The number of carbonyl (C=O) groups is 2. The predicted molar refractivity (Wildman–Crippen MR) is 103 cm³/mol. The van der Waals surface area contributed by atoms with Crippen molar-refractivity contribution in [2.75, 3.05) is 23.1 Å². The van der Waals surface area contributed by atoms with Crippen LogP contribution in [0.4, 0.5) is 17.1 Å². The molecule has 6 heteroatoms. The summed E-state index contributed by atoms with van der Waals surface area (Å²) in [6, 6.07) is 14.2. The Morgan fingerprint density at radius 1 is 1.00 bits per heavy atom. The maximum absolute atomic E-state index is 12.4. The van der Waals surface area contributed by atoms with Gasteiger partial charge in [0.15, 0.2) is 0 Å². The fourth-order valence-electron chi connectivity index (χ4n) is 2.54. The SMILES string of the molecule is COc1ccccc1NC(=O)[C@H](C)Nc1ccc(NC(=O)C2CC2)cc1. The standard InChI is InChI=1S/C20H23N3O3/c1-13(19(24)23-17-5-3-4-6-18(17)26-2)21-15-9-11-16(12-10-15)22-20(25)14-7-8-14/h3-6,9-14,21H,7-8H2,1-2H3,(H,22,25)(H,23,24)/t13-/m0/s1. The summed E-state index contributed by atoms with van der Waals surface area (Å²) in [7, 11) is 1.57. The molecule has 1 saturated carbocycles. The number of hydrogen-bond donors (Lipinski definition) is 3. The van der Waals surface area contributed by atoms with Gasteiger partial charge in [0.25, 0.3) is 0 Å². The summed E-state index contributed by atoms with van der Waals surface area (Å²) in [5.41, 5.74) is 2.20. The van der Waals surface area contributed by atoms with Gasteiger partial charge in [0.2, 0.25) is 11.8 Å². The molecule has 0 aromatic heterocycles. The monoisotopic (exact) mass is 353 g/mol. The van der Waals surface area contributed by atoms with Gasteiger partial charge >= 0.3 is 0 Å². The molecule has 1 fully saturated rings. The summed E-state index contributed by atoms with van der Waals surface area (Å²) in [5, 5.41) is 8.90. The van der Waals surface area contributed by atoms with E-state index in [4.69, 9.17) is 4.74 Å². The third kappa shape index (κ3) is 4.53. The van der Waals surface area contributed by atoms with Crippen LogP contribution in [0.5, 0.6) is 5.75 Å². The van der Waals surface area contributed by atoms with Gasteiger partial charge < -0.3 is 20.7 Å². The van der Waals surface area contributed by atoms with Crippen molar-refractivity contribution >= 4 is 28.9 Å². The normalized spacial score (nSPS) is 14.2. The van der Waals surface area contributed by atoms with E-state index in [2.05, 4.69) is 16.0 Å². The van der Waals surface area contributed by atoms with E-state index < -0.39 is 6.04 Å². The largest absolute Gasteiger partial charge is 0.495 e. The molecule has 1 aliphatic rings. The van der Waals surface area contributed by atoms with Gasteiger partial charge in [-0.3, -0.25) is 9.59 Å². The summed E-state index contributed by atoms with van der Waals surface area (Å²) in [5.74, 6) is 0.700. The number of nitrogens with one attached hydrogen (secondary N) is 3. The van der Waals surface area contributed by atoms with Gasteiger partial charge in [0.1, 0.15) is 11.8 Å². The number of benzene rings is 2. The molecule has 0 bridgehead atoms. The number of amides is 2. The molecule has 2 aromatic rings. The minimum absolute atomic E-state index is 0.0789. The Hall–Kier alpha value is -3.02. The van der Waals surface area contributed by atoms with Gasteiger partial charge in [-0.25, -0.2) is 0 Å². The third-order valence-corrected chi connectivity index (χ3v) is 4.24. The summed E-state index contributed by atoms with van der Waals surface area (Å²) >= 11 is 0. The molecule has 0 radical (unpaired) electrons. The molecule has 0 aliphatic heterocycles. The van der Waals surface area contributed by atoms with E-state index in [-0.39, 0.29) is 17.7 Å². The Morgan fingerprint density at radius 3 is 2.31 bits per heavy atom. The van der Waals surface area contributed by atoms with Gasteiger partial charge in [0, 0.05) is 17.3 Å². The highest BCUT2D eigenvalue weighted by atomic mass is 16.5. The van der Waals surface area contributed by atoms with Gasteiger partial charge in [-0.2, -0.15) is 0 Å². The second-order valence-corrected chi connectivity index (χ2v) is 6.40. The Kier molecular flexibility index (Phi) is 5.41. The van der Waals surface area contributed by atoms with E-state index in [0.717, 1.165) is 24.2 Å². The van der Waals surface area contributed by atoms with Crippen LogP contribution in [0.15, 0.2) is 48.5 Å². The molecular weight excluding hydrogens is 330 g/mol. The highest BCUT2D eigenvalue weighted by Crippen LogP contribution is 2.30. The number of anilines is 3. The molecule has 0 heterocycles. The second-order valence-electron chi connectivity index (χ2n) is 6.40. The predicted octanol–water partition coefficient (Wildman–Crippen LogP) is 3.48. The molecule has 2 aromatic carbocycles. The molecule has 3 N–H and O–H groups in total. The number of carbonyl (C=O) groups excluding carboxylic acids is 2. The first-order chi connectivity index (χ1) is 12.6. The zero-order chi connectivity index (χ0) is 18.5. The number of hydrogen-bond acceptors (Lipinski definition) is 4. The Labute approximate surface area is 152 Å². The number of methoxy groups -OCH3 is 1. The Balaban J connectivity index is 1.55. The van der Waals surface area contributed by atoms with Crippen LogP contribution >= 0.6 is 0 Å². The van der Waals surface area contributed by atoms with E-state index in [9.17, 15) is 9.59 Å². The third-order valence-electron chi connectivity index (χ3n) is 4.24. The van der Waals surface area contributed by atoms with Gasteiger partial charge in [-0.05, 0) is 56.2 Å².